The van der Waals surface area contributed by atoms with Gasteiger partial charge in [-0.25, -0.2) is 4.98 Å². The van der Waals surface area contributed by atoms with Crippen molar-refractivity contribution >= 4 is 16.5 Å². The van der Waals surface area contributed by atoms with E-state index in [1.807, 2.05) is 38.2 Å². The number of anilines is 1. The lowest BCUT2D eigenvalue weighted by Gasteiger charge is -2.01. The highest BCUT2D eigenvalue weighted by Crippen LogP contribution is 2.31. The second-order valence-corrected chi connectivity index (χ2v) is 4.37. The van der Waals surface area contributed by atoms with Gasteiger partial charge in [-0.2, -0.15) is 5.26 Å². The second kappa shape index (κ2) is 4.33. The molecular formula is C12H11N3S. The number of aryl methyl sites for hydroxylation is 1. The van der Waals surface area contributed by atoms with E-state index in [4.69, 9.17) is 5.26 Å². The first-order valence-electron chi connectivity index (χ1n) is 4.91. The highest BCUT2D eigenvalue weighted by atomic mass is 32.1. The van der Waals surface area contributed by atoms with Gasteiger partial charge in [-0.1, -0.05) is 35.6 Å². The maximum Gasteiger partial charge on any atom is 0.184 e. The molecule has 0 bridgehead atoms. The van der Waals surface area contributed by atoms with Crippen molar-refractivity contribution in [2.24, 2.45) is 0 Å². The summed E-state index contributed by atoms with van der Waals surface area (Å²) in [6.07, 6.45) is 0. The fraction of sp³-hybridized carbons (Fsp3) is 0.167. The lowest BCUT2D eigenvalue weighted by atomic mass is 10.1. The van der Waals surface area contributed by atoms with Crippen LogP contribution in [0.15, 0.2) is 24.3 Å². The summed E-state index contributed by atoms with van der Waals surface area (Å²) in [7, 11) is 1.81. The summed E-state index contributed by atoms with van der Waals surface area (Å²) >= 11 is 1.38. The number of nitriles is 1. The molecule has 2 aromatic rings. The Morgan fingerprint density at radius 1 is 1.38 bits per heavy atom. The summed E-state index contributed by atoms with van der Waals surface area (Å²) < 4.78 is 0. The molecule has 0 amide bonds. The Labute approximate surface area is 98.4 Å². The molecule has 0 atom stereocenters. The van der Waals surface area contributed by atoms with Gasteiger partial charge in [-0.3, -0.25) is 0 Å². The highest BCUT2D eigenvalue weighted by molar-refractivity contribution is 7.16. The van der Waals surface area contributed by atoms with Crippen molar-refractivity contribution in [3.63, 3.8) is 0 Å². The van der Waals surface area contributed by atoms with Gasteiger partial charge in [0.25, 0.3) is 0 Å². The van der Waals surface area contributed by atoms with E-state index in [2.05, 4.69) is 16.4 Å². The summed E-state index contributed by atoms with van der Waals surface area (Å²) in [5.74, 6) is 0. The SMILES string of the molecule is CNc1nc(-c2ccccc2C)c(C#N)s1. The predicted molar refractivity (Wildman–Crippen MR) is 66.5 cm³/mol. The molecule has 2 rings (SSSR count). The number of rotatable bonds is 2. The molecule has 0 unspecified atom stereocenters. The molecular weight excluding hydrogens is 218 g/mol. The van der Waals surface area contributed by atoms with Gasteiger partial charge in [-0.05, 0) is 12.5 Å². The maximum absolute atomic E-state index is 9.07. The number of hydrogen-bond acceptors (Lipinski definition) is 4. The number of nitrogens with one attached hydrogen (secondary N) is 1. The van der Waals surface area contributed by atoms with E-state index in [9.17, 15) is 0 Å². The summed E-state index contributed by atoms with van der Waals surface area (Å²) in [4.78, 5) is 5.07. The van der Waals surface area contributed by atoms with Crippen LogP contribution < -0.4 is 5.32 Å². The van der Waals surface area contributed by atoms with Crippen LogP contribution >= 0.6 is 11.3 Å². The van der Waals surface area contributed by atoms with Gasteiger partial charge in [0.15, 0.2) is 5.13 Å². The fourth-order valence-electron chi connectivity index (χ4n) is 1.52. The standard InChI is InChI=1S/C12H11N3S/c1-8-5-3-4-6-9(8)11-10(7-13)16-12(14-2)15-11/h3-6H,1-2H3,(H,14,15). The van der Waals surface area contributed by atoms with E-state index in [0.717, 1.165) is 22.0 Å². The Bertz CT molecular complexity index is 552. The molecule has 1 aromatic carbocycles. The van der Waals surface area contributed by atoms with Crippen LogP contribution in [-0.2, 0) is 0 Å². The molecule has 3 nitrogen and oxygen atoms in total. The van der Waals surface area contributed by atoms with E-state index < -0.39 is 0 Å². The van der Waals surface area contributed by atoms with E-state index >= 15 is 0 Å². The molecule has 1 aromatic heterocycles. The van der Waals surface area contributed by atoms with Gasteiger partial charge >= 0.3 is 0 Å². The van der Waals surface area contributed by atoms with Gasteiger partial charge < -0.3 is 5.32 Å². The zero-order valence-corrected chi connectivity index (χ0v) is 9.93. The Kier molecular flexibility index (Phi) is 2.88. The minimum atomic E-state index is 0.652. The smallest absolute Gasteiger partial charge is 0.184 e. The molecule has 0 saturated heterocycles. The minimum absolute atomic E-state index is 0.652. The molecule has 0 aliphatic rings. The average molecular weight is 229 g/mol. The first kappa shape index (κ1) is 10.7. The van der Waals surface area contributed by atoms with Crippen LogP contribution in [-0.4, -0.2) is 12.0 Å². The molecule has 0 radical (unpaired) electrons. The largest absolute Gasteiger partial charge is 0.365 e. The molecule has 0 fully saturated rings. The highest BCUT2D eigenvalue weighted by Gasteiger charge is 2.13. The number of aromatic nitrogens is 1. The minimum Gasteiger partial charge on any atom is -0.365 e. The normalized spacial score (nSPS) is 9.81. The average Bonchev–Trinajstić information content (AvgIpc) is 2.72. The van der Waals surface area contributed by atoms with Crippen molar-refractivity contribution in [2.75, 3.05) is 12.4 Å². The topological polar surface area (TPSA) is 48.7 Å². The third-order valence-corrected chi connectivity index (χ3v) is 3.32. The summed E-state index contributed by atoms with van der Waals surface area (Å²) in [6.45, 7) is 2.02. The van der Waals surface area contributed by atoms with Crippen molar-refractivity contribution in [3.05, 3.63) is 34.7 Å². The molecule has 4 heteroatoms. The van der Waals surface area contributed by atoms with E-state index in [0.29, 0.717) is 4.88 Å². The number of nitrogens with zero attached hydrogens (tertiary/aromatic N) is 2. The van der Waals surface area contributed by atoms with Crippen molar-refractivity contribution < 1.29 is 0 Å². The van der Waals surface area contributed by atoms with Crippen molar-refractivity contribution in [1.82, 2.24) is 4.98 Å². The van der Waals surface area contributed by atoms with Crippen LogP contribution in [0.2, 0.25) is 0 Å². The van der Waals surface area contributed by atoms with Crippen molar-refractivity contribution in [1.29, 1.82) is 5.26 Å². The molecule has 0 spiro atoms. The summed E-state index contributed by atoms with van der Waals surface area (Å²) in [5.41, 5.74) is 2.93. The van der Waals surface area contributed by atoms with Gasteiger partial charge in [0, 0.05) is 12.6 Å². The molecule has 1 heterocycles. The van der Waals surface area contributed by atoms with E-state index in [1.165, 1.54) is 11.3 Å². The van der Waals surface area contributed by atoms with Crippen LogP contribution in [0.4, 0.5) is 5.13 Å². The second-order valence-electron chi connectivity index (χ2n) is 3.37. The zero-order chi connectivity index (χ0) is 11.5. The first-order chi connectivity index (χ1) is 7.76. The third kappa shape index (κ3) is 1.77. The molecule has 1 N–H and O–H groups in total. The first-order valence-corrected chi connectivity index (χ1v) is 5.72. The van der Waals surface area contributed by atoms with Crippen molar-refractivity contribution in [3.8, 4) is 17.3 Å². The summed E-state index contributed by atoms with van der Waals surface area (Å²) in [6, 6.07) is 10.1. The van der Waals surface area contributed by atoms with Crippen LogP contribution in [0.1, 0.15) is 10.4 Å². The van der Waals surface area contributed by atoms with Crippen molar-refractivity contribution in [2.45, 2.75) is 6.92 Å². The third-order valence-electron chi connectivity index (χ3n) is 2.34. The lowest BCUT2D eigenvalue weighted by Crippen LogP contribution is -1.88. The number of thiazole rings is 1. The maximum atomic E-state index is 9.07. The fourth-order valence-corrected chi connectivity index (χ4v) is 2.25. The number of benzene rings is 1. The van der Waals surface area contributed by atoms with Gasteiger partial charge in [0.05, 0.1) is 0 Å². The molecule has 0 saturated carbocycles. The van der Waals surface area contributed by atoms with Crippen LogP contribution in [0, 0.1) is 18.3 Å². The van der Waals surface area contributed by atoms with Crippen LogP contribution in [0.25, 0.3) is 11.3 Å². The monoisotopic (exact) mass is 229 g/mol. The lowest BCUT2D eigenvalue weighted by molar-refractivity contribution is 1.33. The van der Waals surface area contributed by atoms with Crippen LogP contribution in [0.3, 0.4) is 0 Å². The van der Waals surface area contributed by atoms with E-state index in [1.54, 1.807) is 0 Å². The van der Waals surface area contributed by atoms with Gasteiger partial charge in [0.1, 0.15) is 16.6 Å². The Balaban J connectivity index is 2.60. The molecule has 0 aliphatic carbocycles. The Hall–Kier alpha value is -1.86. The predicted octanol–water partition coefficient (Wildman–Crippen LogP) is 3.03. The quantitative estimate of drug-likeness (QED) is 0.861. The van der Waals surface area contributed by atoms with Gasteiger partial charge in [0.2, 0.25) is 0 Å². The molecule has 80 valence electrons. The Morgan fingerprint density at radius 2 is 2.12 bits per heavy atom. The molecule has 0 aliphatic heterocycles. The number of hydrogen-bond donors (Lipinski definition) is 1. The molecule has 16 heavy (non-hydrogen) atoms. The zero-order valence-electron chi connectivity index (χ0n) is 9.11. The van der Waals surface area contributed by atoms with Gasteiger partial charge in [-0.15, -0.1) is 0 Å². The van der Waals surface area contributed by atoms with E-state index in [-0.39, 0.29) is 0 Å². The summed E-state index contributed by atoms with van der Waals surface area (Å²) in [5, 5.41) is 12.8. The Morgan fingerprint density at radius 3 is 2.75 bits per heavy atom. The van der Waals surface area contributed by atoms with Crippen LogP contribution in [0.5, 0.6) is 0 Å².